The number of hydrogen-bond donors (Lipinski definition) is 1. The molecule has 0 fully saturated rings. The second-order valence-corrected chi connectivity index (χ2v) is 4.74. The minimum absolute atomic E-state index is 0.0914. The molecule has 0 aliphatic rings. The van der Waals surface area contributed by atoms with Crippen LogP contribution in [0.15, 0.2) is 36.4 Å². The minimum atomic E-state index is -0.0914. The van der Waals surface area contributed by atoms with Crippen molar-refractivity contribution in [3.63, 3.8) is 0 Å². The smallest absolute Gasteiger partial charge is 0.104 e. The maximum atomic E-state index is 8.59. The van der Waals surface area contributed by atoms with E-state index in [4.69, 9.17) is 5.11 Å². The van der Waals surface area contributed by atoms with Gasteiger partial charge in [-0.15, -0.1) is 11.3 Å². The molecule has 1 nitrogen and oxygen atoms in total. The Labute approximate surface area is 99.4 Å². The second-order valence-electron chi connectivity index (χ2n) is 3.45. The SMILES string of the molecule is Cc1ccc(-c2ccc(C#CCO)cc2)s1. The van der Waals surface area contributed by atoms with Gasteiger partial charge in [0.2, 0.25) is 0 Å². The summed E-state index contributed by atoms with van der Waals surface area (Å²) in [6.45, 7) is 2.02. The average molecular weight is 228 g/mol. The van der Waals surface area contributed by atoms with Crippen LogP contribution in [0.1, 0.15) is 10.4 Å². The van der Waals surface area contributed by atoms with E-state index in [1.807, 2.05) is 12.1 Å². The van der Waals surface area contributed by atoms with Crippen molar-refractivity contribution in [2.45, 2.75) is 6.92 Å². The number of thiophene rings is 1. The van der Waals surface area contributed by atoms with Crippen LogP contribution in [-0.2, 0) is 0 Å². The Kier molecular flexibility index (Phi) is 3.40. The third-order valence-electron chi connectivity index (χ3n) is 2.22. The summed E-state index contributed by atoms with van der Waals surface area (Å²) < 4.78 is 0. The number of aliphatic hydroxyl groups is 1. The molecule has 0 spiro atoms. The number of benzene rings is 1. The van der Waals surface area contributed by atoms with Gasteiger partial charge in [0.15, 0.2) is 0 Å². The highest BCUT2D eigenvalue weighted by molar-refractivity contribution is 7.15. The molecular weight excluding hydrogens is 216 g/mol. The van der Waals surface area contributed by atoms with Gasteiger partial charge in [0.25, 0.3) is 0 Å². The quantitative estimate of drug-likeness (QED) is 0.744. The molecule has 1 N–H and O–H groups in total. The van der Waals surface area contributed by atoms with Crippen molar-refractivity contribution < 1.29 is 5.11 Å². The zero-order chi connectivity index (χ0) is 11.4. The van der Waals surface area contributed by atoms with Crippen LogP contribution in [0, 0.1) is 18.8 Å². The molecule has 2 heteroatoms. The van der Waals surface area contributed by atoms with Crippen LogP contribution < -0.4 is 0 Å². The van der Waals surface area contributed by atoms with Gasteiger partial charge in [0.05, 0.1) is 0 Å². The zero-order valence-electron chi connectivity index (χ0n) is 9.03. The fourth-order valence-electron chi connectivity index (χ4n) is 1.45. The Balaban J connectivity index is 2.25. The average Bonchev–Trinajstić information content (AvgIpc) is 2.74. The van der Waals surface area contributed by atoms with Crippen LogP contribution in [0.2, 0.25) is 0 Å². The summed E-state index contributed by atoms with van der Waals surface area (Å²) in [5, 5.41) is 8.59. The van der Waals surface area contributed by atoms with Gasteiger partial charge < -0.3 is 5.11 Å². The number of rotatable bonds is 1. The molecule has 0 aliphatic heterocycles. The molecule has 0 saturated carbocycles. The van der Waals surface area contributed by atoms with Crippen LogP contribution in [0.4, 0.5) is 0 Å². The summed E-state index contributed by atoms with van der Waals surface area (Å²) in [5.74, 6) is 5.52. The fourth-order valence-corrected chi connectivity index (χ4v) is 2.32. The monoisotopic (exact) mass is 228 g/mol. The van der Waals surface area contributed by atoms with Gasteiger partial charge >= 0.3 is 0 Å². The van der Waals surface area contributed by atoms with E-state index in [1.165, 1.54) is 15.3 Å². The minimum Gasteiger partial charge on any atom is -0.384 e. The van der Waals surface area contributed by atoms with Crippen molar-refractivity contribution in [1.29, 1.82) is 0 Å². The third kappa shape index (κ3) is 2.52. The Morgan fingerprint density at radius 2 is 1.88 bits per heavy atom. The number of hydrogen-bond acceptors (Lipinski definition) is 2. The van der Waals surface area contributed by atoms with E-state index >= 15 is 0 Å². The Hall–Kier alpha value is -1.56. The highest BCUT2D eigenvalue weighted by Gasteiger charge is 1.99. The lowest BCUT2D eigenvalue weighted by Gasteiger charge is -1.97. The molecule has 0 atom stereocenters. The van der Waals surface area contributed by atoms with Gasteiger partial charge in [0.1, 0.15) is 6.61 Å². The van der Waals surface area contributed by atoms with Crippen LogP contribution in [0.5, 0.6) is 0 Å². The fraction of sp³-hybridized carbons (Fsp3) is 0.143. The van der Waals surface area contributed by atoms with Crippen LogP contribution in [-0.4, -0.2) is 11.7 Å². The van der Waals surface area contributed by atoms with Crippen LogP contribution >= 0.6 is 11.3 Å². The predicted molar refractivity (Wildman–Crippen MR) is 68.5 cm³/mol. The van der Waals surface area contributed by atoms with E-state index in [1.54, 1.807) is 11.3 Å². The maximum Gasteiger partial charge on any atom is 0.104 e. The van der Waals surface area contributed by atoms with Gasteiger partial charge in [-0.3, -0.25) is 0 Å². The van der Waals surface area contributed by atoms with Gasteiger partial charge in [-0.05, 0) is 36.8 Å². The van der Waals surface area contributed by atoms with Crippen molar-refractivity contribution in [2.75, 3.05) is 6.61 Å². The van der Waals surface area contributed by atoms with E-state index in [0.29, 0.717) is 0 Å². The Morgan fingerprint density at radius 3 is 2.44 bits per heavy atom. The van der Waals surface area contributed by atoms with Gasteiger partial charge in [-0.1, -0.05) is 24.0 Å². The van der Waals surface area contributed by atoms with E-state index in [0.717, 1.165) is 5.56 Å². The molecule has 0 unspecified atom stereocenters. The molecule has 2 aromatic rings. The summed E-state index contributed by atoms with van der Waals surface area (Å²) in [7, 11) is 0. The van der Waals surface area contributed by atoms with Gasteiger partial charge in [-0.25, -0.2) is 0 Å². The van der Waals surface area contributed by atoms with E-state index in [9.17, 15) is 0 Å². The summed E-state index contributed by atoms with van der Waals surface area (Å²) in [6, 6.07) is 12.3. The van der Waals surface area contributed by atoms with Crippen molar-refractivity contribution in [3.05, 3.63) is 46.8 Å². The molecule has 16 heavy (non-hydrogen) atoms. The van der Waals surface area contributed by atoms with Crippen LogP contribution in [0.3, 0.4) is 0 Å². The summed E-state index contributed by atoms with van der Waals surface area (Å²) >= 11 is 1.79. The van der Waals surface area contributed by atoms with Gasteiger partial charge in [0, 0.05) is 15.3 Å². The molecule has 1 aromatic heterocycles. The van der Waals surface area contributed by atoms with E-state index in [2.05, 4.69) is 43.0 Å². The molecule has 0 saturated heterocycles. The molecule has 1 aromatic carbocycles. The highest BCUT2D eigenvalue weighted by Crippen LogP contribution is 2.27. The first-order valence-electron chi connectivity index (χ1n) is 5.06. The highest BCUT2D eigenvalue weighted by atomic mass is 32.1. The third-order valence-corrected chi connectivity index (χ3v) is 3.27. The Morgan fingerprint density at radius 1 is 1.12 bits per heavy atom. The van der Waals surface area contributed by atoms with Crippen LogP contribution in [0.25, 0.3) is 10.4 Å². The number of aryl methyl sites for hydroxylation is 1. The first-order chi connectivity index (χ1) is 7.79. The first kappa shape index (κ1) is 10.9. The summed E-state index contributed by atoms with van der Waals surface area (Å²) in [5.41, 5.74) is 2.15. The lowest BCUT2D eigenvalue weighted by Crippen LogP contribution is -1.77. The van der Waals surface area contributed by atoms with Crippen molar-refractivity contribution in [3.8, 4) is 22.3 Å². The summed E-state index contributed by atoms with van der Waals surface area (Å²) in [4.78, 5) is 2.60. The maximum absolute atomic E-state index is 8.59. The normalized spacial score (nSPS) is 9.62. The molecule has 80 valence electrons. The van der Waals surface area contributed by atoms with Crippen molar-refractivity contribution in [2.24, 2.45) is 0 Å². The zero-order valence-corrected chi connectivity index (χ0v) is 9.84. The molecule has 1 heterocycles. The lowest BCUT2D eigenvalue weighted by molar-refractivity contribution is 0.350. The van der Waals surface area contributed by atoms with Crippen molar-refractivity contribution in [1.82, 2.24) is 0 Å². The van der Waals surface area contributed by atoms with Gasteiger partial charge in [-0.2, -0.15) is 0 Å². The van der Waals surface area contributed by atoms with E-state index in [-0.39, 0.29) is 6.61 Å². The molecule has 0 bridgehead atoms. The predicted octanol–water partition coefficient (Wildman–Crippen LogP) is 3.07. The Bertz CT molecular complexity index is 526. The number of aliphatic hydroxyl groups excluding tert-OH is 1. The topological polar surface area (TPSA) is 20.2 Å². The standard InChI is InChI=1S/C14H12OS/c1-11-4-9-14(16-11)13-7-5-12(6-8-13)3-2-10-15/h4-9,15H,10H2,1H3. The lowest BCUT2D eigenvalue weighted by atomic mass is 10.1. The molecule has 0 radical (unpaired) electrons. The molecule has 0 amide bonds. The van der Waals surface area contributed by atoms with Crippen molar-refractivity contribution >= 4 is 11.3 Å². The molecule has 2 rings (SSSR count). The van der Waals surface area contributed by atoms with E-state index < -0.39 is 0 Å². The summed E-state index contributed by atoms with van der Waals surface area (Å²) in [6.07, 6.45) is 0. The second kappa shape index (κ2) is 4.98. The molecule has 0 aliphatic carbocycles. The molecular formula is C14H12OS. The largest absolute Gasteiger partial charge is 0.384 e. The first-order valence-corrected chi connectivity index (χ1v) is 5.88.